The summed E-state index contributed by atoms with van der Waals surface area (Å²) in [7, 11) is 0. The monoisotopic (exact) mass is 309 g/mol. The first-order valence-corrected chi connectivity index (χ1v) is 7.84. The van der Waals surface area contributed by atoms with Crippen LogP contribution in [0.4, 0.5) is 0 Å². The van der Waals surface area contributed by atoms with Gasteiger partial charge in [0.2, 0.25) is 0 Å². The predicted molar refractivity (Wildman–Crippen MR) is 93.8 cm³/mol. The third kappa shape index (κ3) is 3.85. The first-order valence-electron chi connectivity index (χ1n) is 7.84. The van der Waals surface area contributed by atoms with Gasteiger partial charge in [-0.1, -0.05) is 62.4 Å². The molecule has 1 heterocycles. The number of aromatic nitrogens is 3. The van der Waals surface area contributed by atoms with Crippen molar-refractivity contribution in [2.75, 3.05) is 0 Å². The Kier molecular flexibility index (Phi) is 5.29. The van der Waals surface area contributed by atoms with Gasteiger partial charge in [-0.2, -0.15) is 5.10 Å². The number of aromatic amines is 1. The van der Waals surface area contributed by atoms with E-state index in [9.17, 15) is 5.11 Å². The molecule has 120 valence electrons. The molecule has 0 aliphatic carbocycles. The van der Waals surface area contributed by atoms with Crippen molar-refractivity contribution in [3.63, 3.8) is 0 Å². The smallest absolute Gasteiger partial charge is 0.156 e. The van der Waals surface area contributed by atoms with E-state index in [1.807, 2.05) is 56.3 Å². The molecule has 0 aliphatic rings. The van der Waals surface area contributed by atoms with E-state index in [1.165, 1.54) is 6.33 Å². The number of nitrogens with zero attached hydrogens (tertiary/aromatic N) is 2. The van der Waals surface area contributed by atoms with E-state index in [0.717, 1.165) is 28.1 Å². The first-order chi connectivity index (χ1) is 11.1. The number of aliphatic hydroxyl groups is 1. The highest BCUT2D eigenvalue weighted by atomic mass is 16.3. The molecule has 4 heteroatoms. The van der Waals surface area contributed by atoms with Crippen LogP contribution in [0.5, 0.6) is 0 Å². The van der Waals surface area contributed by atoms with Crippen molar-refractivity contribution in [2.24, 2.45) is 0 Å². The average Bonchev–Trinajstić information content (AvgIpc) is 3.10. The summed E-state index contributed by atoms with van der Waals surface area (Å²) in [6, 6.07) is 16.0. The minimum absolute atomic E-state index is 0.747. The van der Waals surface area contributed by atoms with Crippen LogP contribution < -0.4 is 0 Å². The van der Waals surface area contributed by atoms with E-state index in [1.54, 1.807) is 13.8 Å². The molecule has 0 fully saturated rings. The zero-order chi connectivity index (χ0) is 16.9. The number of nitrogens with one attached hydrogen (secondary N) is 1. The summed E-state index contributed by atoms with van der Waals surface area (Å²) in [6.07, 6.45) is 1.50. The Balaban J connectivity index is 0.000000924. The maximum Gasteiger partial charge on any atom is 0.156 e. The lowest BCUT2D eigenvalue weighted by atomic mass is 9.94. The summed E-state index contributed by atoms with van der Waals surface area (Å²) in [5.74, 6) is 0.747. The van der Waals surface area contributed by atoms with Gasteiger partial charge < -0.3 is 5.11 Å². The van der Waals surface area contributed by atoms with Crippen LogP contribution in [-0.4, -0.2) is 20.3 Å². The number of hydrogen-bond acceptors (Lipinski definition) is 3. The number of rotatable bonds is 3. The van der Waals surface area contributed by atoms with Gasteiger partial charge in [0.15, 0.2) is 5.82 Å². The molecule has 0 spiro atoms. The average molecular weight is 309 g/mol. The summed E-state index contributed by atoms with van der Waals surface area (Å²) >= 11 is 0. The maximum atomic E-state index is 10.0. The fourth-order valence-electron chi connectivity index (χ4n) is 2.33. The van der Waals surface area contributed by atoms with Gasteiger partial charge in [-0.25, -0.2) is 4.98 Å². The predicted octanol–water partition coefficient (Wildman–Crippen LogP) is 4.39. The van der Waals surface area contributed by atoms with Gasteiger partial charge in [0.05, 0.1) is 5.60 Å². The fourth-order valence-corrected chi connectivity index (χ4v) is 2.33. The largest absolute Gasteiger partial charge is 0.386 e. The molecular formula is C19H23N3O. The van der Waals surface area contributed by atoms with E-state index in [2.05, 4.69) is 21.2 Å². The molecular weight excluding hydrogens is 286 g/mol. The molecule has 0 unspecified atom stereocenters. The van der Waals surface area contributed by atoms with Gasteiger partial charge in [0, 0.05) is 5.56 Å². The van der Waals surface area contributed by atoms with Crippen molar-refractivity contribution < 1.29 is 5.11 Å². The van der Waals surface area contributed by atoms with Crippen molar-refractivity contribution in [3.05, 3.63) is 60.4 Å². The van der Waals surface area contributed by atoms with Crippen LogP contribution in [0.2, 0.25) is 0 Å². The van der Waals surface area contributed by atoms with Crippen molar-refractivity contribution >= 4 is 0 Å². The molecule has 4 nitrogen and oxygen atoms in total. The topological polar surface area (TPSA) is 61.8 Å². The fraction of sp³-hybridized carbons (Fsp3) is 0.263. The second-order valence-corrected chi connectivity index (χ2v) is 5.52. The van der Waals surface area contributed by atoms with E-state index in [-0.39, 0.29) is 0 Å². The van der Waals surface area contributed by atoms with Crippen LogP contribution in [0.25, 0.3) is 22.5 Å². The number of hydrogen-bond donors (Lipinski definition) is 2. The highest BCUT2D eigenvalue weighted by molar-refractivity contribution is 5.80. The molecule has 0 amide bonds. The molecule has 2 N–H and O–H groups in total. The highest BCUT2D eigenvalue weighted by Gasteiger charge is 2.16. The van der Waals surface area contributed by atoms with Crippen molar-refractivity contribution in [3.8, 4) is 22.5 Å². The summed E-state index contributed by atoms with van der Waals surface area (Å²) in [6.45, 7) is 7.56. The van der Waals surface area contributed by atoms with Crippen molar-refractivity contribution in [1.29, 1.82) is 0 Å². The maximum absolute atomic E-state index is 10.0. The van der Waals surface area contributed by atoms with E-state index in [4.69, 9.17) is 0 Å². The highest BCUT2D eigenvalue weighted by Crippen LogP contribution is 2.31. The van der Waals surface area contributed by atoms with Crippen LogP contribution in [-0.2, 0) is 5.60 Å². The second-order valence-electron chi connectivity index (χ2n) is 5.52. The zero-order valence-corrected chi connectivity index (χ0v) is 14.0. The zero-order valence-electron chi connectivity index (χ0n) is 14.0. The molecule has 0 bridgehead atoms. The Morgan fingerprint density at radius 3 is 2.04 bits per heavy atom. The van der Waals surface area contributed by atoms with Gasteiger partial charge in [0.25, 0.3) is 0 Å². The molecule has 0 radical (unpaired) electrons. The second kappa shape index (κ2) is 7.20. The summed E-state index contributed by atoms with van der Waals surface area (Å²) in [4.78, 5) is 4.22. The lowest BCUT2D eigenvalue weighted by molar-refractivity contribution is 0.0786. The third-order valence-electron chi connectivity index (χ3n) is 3.50. The molecule has 1 aromatic heterocycles. The van der Waals surface area contributed by atoms with Crippen LogP contribution in [0.15, 0.2) is 54.9 Å². The third-order valence-corrected chi connectivity index (χ3v) is 3.50. The standard InChI is InChI=1S/C17H17N3O.C2H6/c1-17(2,21)13-9-7-12(8-10-13)14-5-3-4-6-15(14)16-18-11-19-20-16;1-2/h3-11,21H,1-2H3,(H,18,19,20);1-2H3. The van der Waals surface area contributed by atoms with Crippen LogP contribution in [0.1, 0.15) is 33.3 Å². The van der Waals surface area contributed by atoms with E-state index in [0.29, 0.717) is 0 Å². The van der Waals surface area contributed by atoms with Crippen LogP contribution in [0, 0.1) is 0 Å². The van der Waals surface area contributed by atoms with Gasteiger partial charge in [-0.15, -0.1) is 0 Å². The Bertz CT molecular complexity index is 726. The minimum atomic E-state index is -0.830. The molecule has 2 aromatic carbocycles. The summed E-state index contributed by atoms with van der Waals surface area (Å²) < 4.78 is 0. The van der Waals surface area contributed by atoms with E-state index >= 15 is 0 Å². The quantitative estimate of drug-likeness (QED) is 0.754. The number of benzene rings is 2. The normalized spacial score (nSPS) is 10.8. The Labute approximate surface area is 137 Å². The Morgan fingerprint density at radius 2 is 1.52 bits per heavy atom. The minimum Gasteiger partial charge on any atom is -0.386 e. The van der Waals surface area contributed by atoms with Gasteiger partial charge in [0.1, 0.15) is 6.33 Å². The summed E-state index contributed by atoms with van der Waals surface area (Å²) in [5, 5.41) is 16.8. The molecule has 0 saturated carbocycles. The van der Waals surface area contributed by atoms with Crippen LogP contribution >= 0.6 is 0 Å². The molecule has 0 saturated heterocycles. The van der Waals surface area contributed by atoms with E-state index < -0.39 is 5.60 Å². The van der Waals surface area contributed by atoms with Crippen molar-refractivity contribution in [2.45, 2.75) is 33.3 Å². The molecule has 0 aliphatic heterocycles. The lowest BCUT2D eigenvalue weighted by Crippen LogP contribution is -2.14. The SMILES string of the molecule is CC.CC(C)(O)c1ccc(-c2ccccc2-c2ncn[nH]2)cc1. The van der Waals surface area contributed by atoms with Crippen LogP contribution in [0.3, 0.4) is 0 Å². The molecule has 3 rings (SSSR count). The Morgan fingerprint density at radius 1 is 0.913 bits per heavy atom. The van der Waals surface area contributed by atoms with Gasteiger partial charge in [-0.3, -0.25) is 5.10 Å². The van der Waals surface area contributed by atoms with Gasteiger partial charge in [-0.05, 0) is 30.5 Å². The molecule has 3 aromatic rings. The Hall–Kier alpha value is -2.46. The van der Waals surface area contributed by atoms with Gasteiger partial charge >= 0.3 is 0 Å². The summed E-state index contributed by atoms with van der Waals surface area (Å²) in [5.41, 5.74) is 3.23. The lowest BCUT2D eigenvalue weighted by Gasteiger charge is -2.18. The molecule has 0 atom stereocenters. The number of H-pyrrole nitrogens is 1. The first kappa shape index (κ1) is 16.9. The molecule has 23 heavy (non-hydrogen) atoms. The van der Waals surface area contributed by atoms with Crippen molar-refractivity contribution in [1.82, 2.24) is 15.2 Å².